The second-order valence-electron chi connectivity index (χ2n) is 7.37. The van der Waals surface area contributed by atoms with Gasteiger partial charge in [-0.15, -0.1) is 12.2 Å². The Morgan fingerprint density at radius 1 is 1.00 bits per heavy atom. The van der Waals surface area contributed by atoms with Gasteiger partial charge in [-0.25, -0.2) is 4.79 Å². The number of nitrogens with one attached hydrogen (secondary N) is 2. The molecule has 1 rings (SSSR count). The minimum atomic E-state index is -0.593. The number of allylic oxidation sites excluding steroid dienone is 2. The third kappa shape index (κ3) is 20.2. The van der Waals surface area contributed by atoms with Crippen molar-refractivity contribution < 1.29 is 145 Å². The van der Waals surface area contributed by atoms with E-state index in [0.717, 1.165) is 17.7 Å². The molecule has 0 atom stereocenters. The van der Waals surface area contributed by atoms with Crippen molar-refractivity contribution in [3.8, 4) is 0 Å². The number of nitrogens with zero attached hydrogens (tertiary/aromatic N) is 2. The molecule has 10 nitrogen and oxygen atoms in total. The Kier molecular flexibility index (Phi) is 25.9. The molecule has 0 heterocycles. The summed E-state index contributed by atoms with van der Waals surface area (Å²) in [7, 11) is 1.75. The molecule has 1 aromatic rings. The van der Waals surface area contributed by atoms with E-state index in [9.17, 15) is 19.2 Å². The molecule has 1 aromatic carbocycles. The van der Waals surface area contributed by atoms with E-state index in [2.05, 4.69) is 21.3 Å². The molecule has 0 aliphatic heterocycles. The van der Waals surface area contributed by atoms with Crippen molar-refractivity contribution in [1.82, 2.24) is 10.6 Å². The summed E-state index contributed by atoms with van der Waals surface area (Å²) in [5.74, 6) is -1.20. The van der Waals surface area contributed by atoms with Crippen LogP contribution in [0.2, 0.25) is 0 Å². The Hall–Kier alpha value is 0.210. The molecule has 3 amide bonds. The molecule has 0 spiro atoms. The summed E-state index contributed by atoms with van der Waals surface area (Å²) >= 11 is 0. The number of hydrogen-bond donors (Lipinski definition) is 2. The van der Waals surface area contributed by atoms with E-state index in [-0.39, 0.29) is 148 Å². The molecule has 0 aromatic heterocycles. The third-order valence-corrected chi connectivity index (χ3v) is 4.35. The van der Waals surface area contributed by atoms with Gasteiger partial charge >= 0.3 is 122 Å². The Labute approximate surface area is 311 Å². The summed E-state index contributed by atoms with van der Waals surface area (Å²) in [6, 6.07) is 6.70. The monoisotopic (exact) mass is 644 g/mol. The first-order valence-corrected chi connectivity index (χ1v) is 11.2. The van der Waals surface area contributed by atoms with Crippen LogP contribution in [0.5, 0.6) is 0 Å². The molecule has 0 aliphatic rings. The zero-order valence-corrected chi connectivity index (χ0v) is 31.9. The van der Waals surface area contributed by atoms with Crippen molar-refractivity contribution in [3.63, 3.8) is 0 Å². The minimum absolute atomic E-state index is 0. The summed E-state index contributed by atoms with van der Waals surface area (Å²) in [5, 5.41) is 13.2. The van der Waals surface area contributed by atoms with Gasteiger partial charge in [0.1, 0.15) is 0 Å². The first kappa shape index (κ1) is 38.4. The Bertz CT molecular complexity index is 834. The predicted molar refractivity (Wildman–Crippen MR) is 129 cm³/mol. The van der Waals surface area contributed by atoms with Gasteiger partial charge < -0.3 is 40.3 Å². The van der Waals surface area contributed by atoms with Gasteiger partial charge in [0, 0.05) is 57.8 Å². The van der Waals surface area contributed by atoms with Gasteiger partial charge in [0.25, 0.3) is 0 Å². The van der Waals surface area contributed by atoms with Crippen LogP contribution in [0.4, 0.5) is 10.5 Å². The van der Waals surface area contributed by atoms with Crippen molar-refractivity contribution >= 4 is 29.4 Å². The van der Waals surface area contributed by atoms with E-state index in [0.29, 0.717) is 25.3 Å². The fourth-order valence-corrected chi connectivity index (χ4v) is 2.56. The molecule has 188 valence electrons. The first-order chi connectivity index (χ1) is 16.3. The van der Waals surface area contributed by atoms with E-state index in [4.69, 9.17) is 9.47 Å². The van der Waals surface area contributed by atoms with Crippen molar-refractivity contribution in [2.24, 2.45) is 0 Å². The van der Waals surface area contributed by atoms with Crippen molar-refractivity contribution in [1.29, 1.82) is 0 Å². The number of ketones is 1. The number of alkyl carbamates (subject to hydrolysis) is 1. The topological polar surface area (TPSA) is 139 Å². The van der Waals surface area contributed by atoms with Crippen molar-refractivity contribution in [2.75, 3.05) is 40.0 Å². The molecule has 0 saturated heterocycles. The van der Waals surface area contributed by atoms with E-state index in [1.807, 2.05) is 6.92 Å². The summed E-state index contributed by atoms with van der Waals surface area (Å²) in [5.41, 5.74) is 1.99. The van der Waals surface area contributed by atoms with Crippen LogP contribution in [-0.4, -0.2) is 63.6 Å². The molecular formula is C24H34N4O6Rb2. The van der Waals surface area contributed by atoms with Gasteiger partial charge in [-0.3, -0.25) is 4.79 Å². The van der Waals surface area contributed by atoms with E-state index >= 15 is 0 Å². The Morgan fingerprint density at radius 3 is 2.33 bits per heavy atom. The Balaban J connectivity index is 0. The quantitative estimate of drug-likeness (QED) is 0.113. The average molecular weight is 645 g/mol. The number of amides is 3. The molecule has 0 bridgehead atoms. The second kappa shape index (κ2) is 24.3. The van der Waals surface area contributed by atoms with Gasteiger partial charge in [-0.2, -0.15) is 0 Å². The summed E-state index contributed by atoms with van der Waals surface area (Å²) in [4.78, 5) is 46.9. The van der Waals surface area contributed by atoms with Crippen LogP contribution in [-0.2, 0) is 30.3 Å². The van der Waals surface area contributed by atoms with E-state index < -0.39 is 24.3 Å². The standard InChI is InChI=1S/C24H36N4O6.2Rb/c1-4-10-27-24(32)34-13-5-12-33-14-11-26-22(30)17-23(31)28-20-8-6-19(7-9-20)16-21(29)15-18(2)25-3;;/h6-9,15H,4-5,10-14,16-17H2,1-3H3,(H4,25,26,27,28,29,30,31,32);;/q;2*+1/p-2. The van der Waals surface area contributed by atoms with Crippen LogP contribution in [0.15, 0.2) is 36.0 Å². The molecule has 2 N–H and O–H groups in total. The number of ether oxygens (including phenoxy) is 2. The SMILES string of the molecule is CCCNC(=O)OCCCOCC[N-]C(=O)CC(=O)[N-]c1ccc(CC(=O)/C=C(/C)NC)cc1.[Rb+].[Rb+]. The third-order valence-electron chi connectivity index (χ3n) is 4.35. The molecule has 0 aliphatic carbocycles. The number of benzene rings is 1. The van der Waals surface area contributed by atoms with Gasteiger partial charge in [0.15, 0.2) is 5.78 Å². The van der Waals surface area contributed by atoms with Crippen LogP contribution in [0.1, 0.15) is 38.7 Å². The molecule has 0 fully saturated rings. The maximum absolute atomic E-state index is 12.0. The van der Waals surface area contributed by atoms with Gasteiger partial charge in [-0.05, 0) is 18.9 Å². The summed E-state index contributed by atoms with van der Waals surface area (Å²) < 4.78 is 10.3. The molecule has 12 heteroatoms. The van der Waals surface area contributed by atoms with Crippen LogP contribution in [0.25, 0.3) is 10.6 Å². The fourth-order valence-electron chi connectivity index (χ4n) is 2.56. The van der Waals surface area contributed by atoms with Crippen molar-refractivity contribution in [3.05, 3.63) is 52.2 Å². The van der Waals surface area contributed by atoms with Crippen LogP contribution < -0.4 is 127 Å². The van der Waals surface area contributed by atoms with Crippen LogP contribution >= 0.6 is 0 Å². The maximum Gasteiger partial charge on any atom is 1.00 e. The van der Waals surface area contributed by atoms with Crippen LogP contribution in [0, 0.1) is 0 Å². The molecular weight excluding hydrogens is 611 g/mol. The first-order valence-electron chi connectivity index (χ1n) is 11.2. The Morgan fingerprint density at radius 2 is 1.69 bits per heavy atom. The largest absolute Gasteiger partial charge is 1.00 e. The van der Waals surface area contributed by atoms with Crippen LogP contribution in [0.3, 0.4) is 0 Å². The van der Waals surface area contributed by atoms with Gasteiger partial charge in [-0.1, -0.05) is 31.2 Å². The fraction of sp³-hybridized carbons (Fsp3) is 0.500. The van der Waals surface area contributed by atoms with Gasteiger partial charge in [0.05, 0.1) is 18.4 Å². The number of hydrogen-bond acceptors (Lipinski definition) is 7. The predicted octanol–water partition coefficient (Wildman–Crippen LogP) is -2.71. The number of carbonyl (C=O) groups is 4. The number of rotatable bonds is 16. The van der Waals surface area contributed by atoms with E-state index in [1.54, 1.807) is 38.2 Å². The molecule has 0 unspecified atom stereocenters. The zero-order valence-electron chi connectivity index (χ0n) is 22.1. The average Bonchev–Trinajstić information content (AvgIpc) is 2.80. The minimum Gasteiger partial charge on any atom is -0.651 e. The number of carbonyl (C=O) groups excluding carboxylic acids is 4. The van der Waals surface area contributed by atoms with Crippen molar-refractivity contribution in [2.45, 2.75) is 39.5 Å². The summed E-state index contributed by atoms with van der Waals surface area (Å²) in [6.07, 6.45) is 2.28. The molecule has 36 heavy (non-hydrogen) atoms. The van der Waals surface area contributed by atoms with Gasteiger partial charge in [0.2, 0.25) is 0 Å². The smallest absolute Gasteiger partial charge is 0.651 e. The second-order valence-corrected chi connectivity index (χ2v) is 7.37. The normalized spacial score (nSPS) is 10.2. The molecule has 0 radical (unpaired) electrons. The maximum atomic E-state index is 12.0. The summed E-state index contributed by atoms with van der Waals surface area (Å²) in [6.45, 7) is 5.30. The molecule has 0 saturated carbocycles. The zero-order chi connectivity index (χ0) is 25.2. The van der Waals surface area contributed by atoms with E-state index in [1.165, 1.54) is 6.08 Å².